The molecule has 0 amide bonds. The Kier molecular flexibility index (Phi) is 4.05. The van der Waals surface area contributed by atoms with Crippen molar-refractivity contribution >= 4 is 12.1 Å². The molecular weight excluding hydrogens is 280 g/mol. The number of hydrogen-bond acceptors (Lipinski definition) is 5. The monoisotopic (exact) mass is 296 g/mol. The lowest BCUT2D eigenvalue weighted by Gasteiger charge is -2.27. The molecule has 0 atom stereocenters. The Morgan fingerprint density at radius 2 is 2.09 bits per heavy atom. The first-order valence-corrected chi connectivity index (χ1v) is 7.09. The zero-order chi connectivity index (χ0) is 15.4. The van der Waals surface area contributed by atoms with E-state index in [1.54, 1.807) is 30.5 Å². The second kappa shape index (κ2) is 6.30. The second-order valence-corrected chi connectivity index (χ2v) is 5.03. The van der Waals surface area contributed by atoms with Gasteiger partial charge in [0.1, 0.15) is 18.6 Å². The van der Waals surface area contributed by atoms with Crippen LogP contribution < -0.4 is 10.2 Å². The van der Waals surface area contributed by atoms with Crippen molar-refractivity contribution in [1.82, 2.24) is 10.4 Å². The van der Waals surface area contributed by atoms with Gasteiger partial charge in [-0.1, -0.05) is 12.2 Å². The lowest BCUT2D eigenvalue weighted by Crippen LogP contribution is -2.37. The number of carbonyl (C=O) groups excluding carboxylic acids is 2. The van der Waals surface area contributed by atoms with E-state index in [2.05, 4.69) is 5.43 Å². The number of hydrogen-bond donors (Lipinski definition) is 1. The molecular formula is C17H16N2O3. The van der Waals surface area contributed by atoms with Crippen LogP contribution >= 0.6 is 0 Å². The van der Waals surface area contributed by atoms with Gasteiger partial charge in [0.15, 0.2) is 5.78 Å². The van der Waals surface area contributed by atoms with Gasteiger partial charge in [0.05, 0.1) is 6.54 Å². The number of aldehydes is 1. The van der Waals surface area contributed by atoms with E-state index in [4.69, 9.17) is 4.74 Å². The summed E-state index contributed by atoms with van der Waals surface area (Å²) in [6.07, 6.45) is 8.74. The maximum atomic E-state index is 11.7. The molecule has 0 aromatic heterocycles. The molecule has 5 nitrogen and oxygen atoms in total. The largest absolute Gasteiger partial charge is 0.492 e. The van der Waals surface area contributed by atoms with E-state index in [9.17, 15) is 9.59 Å². The zero-order valence-corrected chi connectivity index (χ0v) is 12.0. The van der Waals surface area contributed by atoms with Gasteiger partial charge in [0, 0.05) is 35.5 Å². The van der Waals surface area contributed by atoms with Gasteiger partial charge >= 0.3 is 0 Å². The first kappa shape index (κ1) is 14.1. The van der Waals surface area contributed by atoms with Gasteiger partial charge in [-0.05, 0) is 24.3 Å². The van der Waals surface area contributed by atoms with Crippen molar-refractivity contribution < 1.29 is 14.3 Å². The van der Waals surface area contributed by atoms with Gasteiger partial charge in [0.25, 0.3) is 0 Å². The highest BCUT2D eigenvalue weighted by Crippen LogP contribution is 2.22. The minimum Gasteiger partial charge on any atom is -0.492 e. The number of hydrazine groups is 1. The molecule has 2 aliphatic rings. The van der Waals surface area contributed by atoms with E-state index < -0.39 is 0 Å². The van der Waals surface area contributed by atoms with E-state index in [0.717, 1.165) is 23.2 Å². The third-order valence-corrected chi connectivity index (χ3v) is 3.50. The van der Waals surface area contributed by atoms with Crippen molar-refractivity contribution in [3.8, 4) is 5.75 Å². The highest BCUT2D eigenvalue weighted by molar-refractivity contribution is 6.02. The topological polar surface area (TPSA) is 58.6 Å². The molecule has 0 fully saturated rings. The van der Waals surface area contributed by atoms with E-state index in [0.29, 0.717) is 25.1 Å². The third kappa shape index (κ3) is 3.09. The molecule has 1 aromatic carbocycles. The van der Waals surface area contributed by atoms with Gasteiger partial charge in [-0.3, -0.25) is 14.6 Å². The van der Waals surface area contributed by atoms with Crippen molar-refractivity contribution in [3.63, 3.8) is 0 Å². The summed E-state index contributed by atoms with van der Waals surface area (Å²) < 4.78 is 5.63. The van der Waals surface area contributed by atoms with Crippen LogP contribution in [0.4, 0.5) is 0 Å². The Morgan fingerprint density at radius 1 is 1.27 bits per heavy atom. The highest BCUT2D eigenvalue weighted by atomic mass is 16.5. The molecule has 112 valence electrons. The fourth-order valence-corrected chi connectivity index (χ4v) is 2.32. The average molecular weight is 296 g/mol. The smallest absolute Gasteiger partial charge is 0.168 e. The summed E-state index contributed by atoms with van der Waals surface area (Å²) in [6.45, 7) is 1.11. The predicted octanol–water partition coefficient (Wildman–Crippen LogP) is 1.99. The number of rotatable bonds is 5. The van der Waals surface area contributed by atoms with Gasteiger partial charge in [-0.2, -0.15) is 0 Å². The molecule has 22 heavy (non-hydrogen) atoms. The number of allylic oxidation sites excluding steroid dienone is 4. The van der Waals surface area contributed by atoms with Gasteiger partial charge in [0.2, 0.25) is 0 Å². The van der Waals surface area contributed by atoms with Crippen LogP contribution in [0.5, 0.6) is 5.75 Å². The van der Waals surface area contributed by atoms with Crippen LogP contribution in [0.25, 0.3) is 0 Å². The van der Waals surface area contributed by atoms with E-state index in [-0.39, 0.29) is 5.78 Å². The summed E-state index contributed by atoms with van der Waals surface area (Å²) >= 11 is 0. The van der Waals surface area contributed by atoms with Crippen molar-refractivity contribution in [1.29, 1.82) is 0 Å². The fourth-order valence-electron chi connectivity index (χ4n) is 2.32. The SMILES string of the molecule is O=Cc1ccc(OCCN2C=C3C=CCC(=O)C3=CN2)cc1. The van der Waals surface area contributed by atoms with Crippen LogP contribution in [0.15, 0.2) is 60.0 Å². The molecule has 1 N–H and O–H groups in total. The quantitative estimate of drug-likeness (QED) is 0.842. The Hall–Kier alpha value is -2.82. The number of Topliss-reactive ketones (excluding diaryl/α,β-unsaturated/α-hetero) is 1. The highest BCUT2D eigenvalue weighted by Gasteiger charge is 2.19. The van der Waals surface area contributed by atoms with Crippen LogP contribution in [0.3, 0.4) is 0 Å². The van der Waals surface area contributed by atoms with Crippen LogP contribution in [0, 0.1) is 0 Å². The summed E-state index contributed by atoms with van der Waals surface area (Å²) in [7, 11) is 0. The lowest BCUT2D eigenvalue weighted by atomic mass is 9.95. The number of fused-ring (bicyclic) bond motifs is 1. The fraction of sp³-hybridized carbons (Fsp3) is 0.176. The molecule has 0 spiro atoms. The summed E-state index contributed by atoms with van der Waals surface area (Å²) in [6, 6.07) is 6.98. The number of carbonyl (C=O) groups is 2. The molecule has 0 unspecified atom stereocenters. The van der Waals surface area contributed by atoms with E-state index >= 15 is 0 Å². The molecule has 5 heteroatoms. The number of nitrogens with zero attached hydrogens (tertiary/aromatic N) is 1. The van der Waals surface area contributed by atoms with Crippen LogP contribution in [-0.4, -0.2) is 30.2 Å². The zero-order valence-electron chi connectivity index (χ0n) is 12.0. The third-order valence-electron chi connectivity index (χ3n) is 3.50. The maximum absolute atomic E-state index is 11.7. The summed E-state index contributed by atoms with van der Waals surface area (Å²) in [5.41, 5.74) is 5.34. The normalized spacial score (nSPS) is 16.4. The number of nitrogens with one attached hydrogen (secondary N) is 1. The summed E-state index contributed by atoms with van der Waals surface area (Å²) in [4.78, 5) is 22.3. The van der Waals surface area contributed by atoms with Gasteiger partial charge in [-0.25, -0.2) is 0 Å². The number of ether oxygens (including phenoxy) is 1. The van der Waals surface area contributed by atoms with Crippen molar-refractivity contribution in [2.24, 2.45) is 0 Å². The minimum atomic E-state index is 0.132. The van der Waals surface area contributed by atoms with Crippen molar-refractivity contribution in [2.75, 3.05) is 13.2 Å². The minimum absolute atomic E-state index is 0.132. The molecule has 0 bridgehead atoms. The maximum Gasteiger partial charge on any atom is 0.168 e. The molecule has 1 aliphatic carbocycles. The Balaban J connectivity index is 1.53. The second-order valence-electron chi connectivity index (χ2n) is 5.03. The van der Waals surface area contributed by atoms with Crippen LogP contribution in [0.2, 0.25) is 0 Å². The predicted molar refractivity (Wildman–Crippen MR) is 82.1 cm³/mol. The summed E-state index contributed by atoms with van der Waals surface area (Å²) in [5, 5.41) is 1.88. The molecule has 1 heterocycles. The van der Waals surface area contributed by atoms with Crippen LogP contribution in [0.1, 0.15) is 16.8 Å². The van der Waals surface area contributed by atoms with Crippen molar-refractivity contribution in [3.05, 3.63) is 65.5 Å². The lowest BCUT2D eigenvalue weighted by molar-refractivity contribution is -0.114. The number of ketones is 1. The molecule has 0 saturated heterocycles. The first-order chi connectivity index (χ1) is 10.8. The number of benzene rings is 1. The summed E-state index contributed by atoms with van der Waals surface area (Å²) in [5.74, 6) is 0.853. The molecule has 0 radical (unpaired) electrons. The van der Waals surface area contributed by atoms with E-state index in [1.807, 2.05) is 23.4 Å². The average Bonchev–Trinajstić information content (AvgIpc) is 2.56. The van der Waals surface area contributed by atoms with Crippen molar-refractivity contribution in [2.45, 2.75) is 6.42 Å². The van der Waals surface area contributed by atoms with Gasteiger partial charge in [-0.15, -0.1) is 0 Å². The molecule has 1 aliphatic heterocycles. The first-order valence-electron chi connectivity index (χ1n) is 7.09. The molecule has 3 rings (SSSR count). The molecule has 0 saturated carbocycles. The Bertz CT molecular complexity index is 672. The van der Waals surface area contributed by atoms with Gasteiger partial charge < -0.3 is 10.2 Å². The molecule has 1 aromatic rings. The Morgan fingerprint density at radius 3 is 2.86 bits per heavy atom. The Labute approximate surface area is 128 Å². The standard InChI is InChI=1S/C17H16N2O3/c20-12-13-4-6-15(7-5-13)22-9-8-19-11-14-2-1-3-17(21)16(14)10-18-19/h1-2,4-7,10-12,18H,3,8-9H2. The van der Waals surface area contributed by atoms with Crippen LogP contribution in [-0.2, 0) is 4.79 Å². The van der Waals surface area contributed by atoms with E-state index in [1.165, 1.54) is 0 Å².